The minimum atomic E-state index is -0.955. The van der Waals surface area contributed by atoms with Crippen LogP contribution in [0.4, 0.5) is 5.69 Å². The van der Waals surface area contributed by atoms with E-state index in [1.807, 2.05) is 6.07 Å². The number of nitriles is 1. The highest BCUT2D eigenvalue weighted by atomic mass is 35.5. The molecule has 7 heteroatoms. The van der Waals surface area contributed by atoms with Crippen LogP contribution in [0.5, 0.6) is 0 Å². The topological polar surface area (TPSA) is 79.2 Å². The fraction of sp³-hybridized carbons (Fsp3) is 0.133. The number of amides is 1. The van der Waals surface area contributed by atoms with Crippen molar-refractivity contribution in [2.75, 3.05) is 5.32 Å². The van der Waals surface area contributed by atoms with Gasteiger partial charge in [-0.2, -0.15) is 5.26 Å². The maximum absolute atomic E-state index is 12.0. The van der Waals surface area contributed by atoms with Gasteiger partial charge in [0.15, 0.2) is 6.10 Å². The summed E-state index contributed by atoms with van der Waals surface area (Å²) in [6, 6.07) is 9.79. The number of benzene rings is 1. The Bertz CT molecular complexity index is 738. The summed E-state index contributed by atoms with van der Waals surface area (Å²) in [7, 11) is 0. The van der Waals surface area contributed by atoms with Crippen LogP contribution in [0.15, 0.2) is 35.7 Å². The molecule has 1 atom stereocenters. The third-order valence-corrected chi connectivity index (χ3v) is 3.90. The summed E-state index contributed by atoms with van der Waals surface area (Å²) < 4.78 is 5.08. The Balaban J connectivity index is 1.98. The van der Waals surface area contributed by atoms with Crippen molar-refractivity contribution in [3.8, 4) is 6.07 Å². The first-order valence-corrected chi connectivity index (χ1v) is 7.52. The van der Waals surface area contributed by atoms with E-state index in [0.717, 1.165) is 0 Å². The van der Waals surface area contributed by atoms with E-state index in [9.17, 15) is 9.59 Å². The summed E-state index contributed by atoms with van der Waals surface area (Å²) in [5, 5.41) is 13.4. The molecule has 112 valence electrons. The molecule has 0 bridgehead atoms. The summed E-state index contributed by atoms with van der Waals surface area (Å²) in [5.41, 5.74) is 0.741. The average Bonchev–Trinajstić information content (AvgIpc) is 3.01. The van der Waals surface area contributed by atoms with Gasteiger partial charge in [-0.15, -0.1) is 11.3 Å². The van der Waals surface area contributed by atoms with E-state index in [1.165, 1.54) is 30.4 Å². The SMILES string of the molecule is CC(OC(=O)c1cccs1)C(=O)Nc1ccc(C#N)c(Cl)c1. The Morgan fingerprint density at radius 3 is 2.77 bits per heavy atom. The third-order valence-electron chi connectivity index (χ3n) is 2.73. The van der Waals surface area contributed by atoms with Crippen LogP contribution in [0.3, 0.4) is 0 Å². The zero-order valence-electron chi connectivity index (χ0n) is 11.5. The minimum absolute atomic E-state index is 0.239. The fourth-order valence-electron chi connectivity index (χ4n) is 1.59. The number of anilines is 1. The number of rotatable bonds is 4. The van der Waals surface area contributed by atoms with Crippen LogP contribution in [0, 0.1) is 11.3 Å². The summed E-state index contributed by atoms with van der Waals surface area (Å²) in [5.74, 6) is -1.03. The molecule has 22 heavy (non-hydrogen) atoms. The molecule has 1 N–H and O–H groups in total. The number of thiophene rings is 1. The van der Waals surface area contributed by atoms with E-state index in [0.29, 0.717) is 16.1 Å². The van der Waals surface area contributed by atoms with Crippen molar-refractivity contribution >= 4 is 40.5 Å². The van der Waals surface area contributed by atoms with Gasteiger partial charge in [0.05, 0.1) is 10.6 Å². The van der Waals surface area contributed by atoms with Gasteiger partial charge >= 0.3 is 5.97 Å². The summed E-state index contributed by atoms with van der Waals surface area (Å²) in [4.78, 5) is 24.2. The Morgan fingerprint density at radius 2 is 2.18 bits per heavy atom. The monoisotopic (exact) mass is 334 g/mol. The van der Waals surface area contributed by atoms with Crippen molar-refractivity contribution in [1.29, 1.82) is 5.26 Å². The lowest BCUT2D eigenvalue weighted by molar-refractivity contribution is -0.123. The quantitative estimate of drug-likeness (QED) is 0.868. The number of esters is 1. The van der Waals surface area contributed by atoms with Crippen molar-refractivity contribution in [2.45, 2.75) is 13.0 Å². The molecule has 0 aliphatic heterocycles. The Labute approximate surface area is 136 Å². The van der Waals surface area contributed by atoms with Gasteiger partial charge in [0, 0.05) is 5.69 Å². The maximum atomic E-state index is 12.0. The zero-order chi connectivity index (χ0) is 16.1. The van der Waals surface area contributed by atoms with E-state index >= 15 is 0 Å². The molecule has 0 saturated carbocycles. The molecule has 1 amide bonds. The number of nitrogens with zero attached hydrogens (tertiary/aromatic N) is 1. The smallest absolute Gasteiger partial charge is 0.349 e. The Morgan fingerprint density at radius 1 is 1.41 bits per heavy atom. The van der Waals surface area contributed by atoms with Crippen LogP contribution in [0.1, 0.15) is 22.2 Å². The molecule has 0 fully saturated rings. The van der Waals surface area contributed by atoms with E-state index in [1.54, 1.807) is 23.6 Å². The fourth-order valence-corrected chi connectivity index (χ4v) is 2.42. The highest BCUT2D eigenvalue weighted by Gasteiger charge is 2.19. The van der Waals surface area contributed by atoms with Crippen LogP contribution >= 0.6 is 22.9 Å². The molecule has 1 unspecified atom stereocenters. The summed E-state index contributed by atoms with van der Waals surface area (Å²) in [6.45, 7) is 1.48. The second-order valence-electron chi connectivity index (χ2n) is 4.32. The maximum Gasteiger partial charge on any atom is 0.349 e. The molecule has 2 aromatic rings. The van der Waals surface area contributed by atoms with Gasteiger partial charge in [-0.05, 0) is 36.6 Å². The number of ether oxygens (including phenoxy) is 1. The molecular weight excluding hydrogens is 324 g/mol. The largest absolute Gasteiger partial charge is 0.448 e. The number of hydrogen-bond acceptors (Lipinski definition) is 5. The molecule has 1 aromatic carbocycles. The Kier molecular flexibility index (Phi) is 5.15. The van der Waals surface area contributed by atoms with Crippen molar-refractivity contribution in [1.82, 2.24) is 0 Å². The van der Waals surface area contributed by atoms with E-state index < -0.39 is 18.0 Å². The van der Waals surface area contributed by atoms with E-state index in [4.69, 9.17) is 21.6 Å². The second-order valence-corrected chi connectivity index (χ2v) is 5.68. The Hall–Kier alpha value is -2.36. The van der Waals surface area contributed by atoms with Crippen LogP contribution in [-0.2, 0) is 9.53 Å². The van der Waals surface area contributed by atoms with Crippen molar-refractivity contribution < 1.29 is 14.3 Å². The molecule has 2 rings (SSSR count). The van der Waals surface area contributed by atoms with Crippen LogP contribution in [0.25, 0.3) is 0 Å². The van der Waals surface area contributed by atoms with E-state index in [-0.39, 0.29) is 5.02 Å². The summed E-state index contributed by atoms with van der Waals surface area (Å²) in [6.07, 6.45) is -0.955. The highest BCUT2D eigenvalue weighted by molar-refractivity contribution is 7.11. The molecule has 0 aliphatic rings. The normalized spacial score (nSPS) is 11.3. The van der Waals surface area contributed by atoms with Gasteiger partial charge < -0.3 is 10.1 Å². The molecular formula is C15H11ClN2O3S. The molecule has 1 heterocycles. The van der Waals surface area contributed by atoms with Gasteiger partial charge in [0.25, 0.3) is 5.91 Å². The second kappa shape index (κ2) is 7.07. The minimum Gasteiger partial charge on any atom is -0.448 e. The van der Waals surface area contributed by atoms with Crippen molar-refractivity contribution in [3.63, 3.8) is 0 Å². The molecule has 5 nitrogen and oxygen atoms in total. The van der Waals surface area contributed by atoms with Crippen LogP contribution < -0.4 is 5.32 Å². The van der Waals surface area contributed by atoms with Crippen molar-refractivity contribution in [3.05, 3.63) is 51.2 Å². The first-order chi connectivity index (χ1) is 10.5. The van der Waals surface area contributed by atoms with Crippen molar-refractivity contribution in [2.24, 2.45) is 0 Å². The van der Waals surface area contributed by atoms with Crippen LogP contribution in [0.2, 0.25) is 5.02 Å². The lowest BCUT2D eigenvalue weighted by Crippen LogP contribution is -2.29. The lowest BCUT2D eigenvalue weighted by atomic mass is 10.2. The average molecular weight is 335 g/mol. The molecule has 0 spiro atoms. The molecule has 0 radical (unpaired) electrons. The van der Waals surface area contributed by atoms with Gasteiger partial charge in [0.2, 0.25) is 0 Å². The van der Waals surface area contributed by atoms with Gasteiger partial charge in [-0.1, -0.05) is 17.7 Å². The predicted molar refractivity (Wildman–Crippen MR) is 84.0 cm³/mol. The number of carbonyl (C=O) groups is 2. The predicted octanol–water partition coefficient (Wildman–Crippen LogP) is 3.46. The zero-order valence-corrected chi connectivity index (χ0v) is 13.1. The van der Waals surface area contributed by atoms with E-state index in [2.05, 4.69) is 5.32 Å². The first kappa shape index (κ1) is 16.0. The molecule has 0 aliphatic carbocycles. The van der Waals surface area contributed by atoms with Gasteiger partial charge in [0.1, 0.15) is 10.9 Å². The lowest BCUT2D eigenvalue weighted by Gasteiger charge is -2.13. The standard InChI is InChI=1S/C15H11ClN2O3S/c1-9(21-15(20)13-3-2-6-22-13)14(19)18-11-5-4-10(8-17)12(16)7-11/h2-7,9H,1H3,(H,18,19). The molecule has 0 saturated heterocycles. The van der Waals surface area contributed by atoms with Gasteiger partial charge in [-0.3, -0.25) is 4.79 Å². The number of hydrogen-bond donors (Lipinski definition) is 1. The number of carbonyl (C=O) groups excluding carboxylic acids is 2. The number of halogens is 1. The molecule has 1 aromatic heterocycles. The highest BCUT2D eigenvalue weighted by Crippen LogP contribution is 2.20. The van der Waals surface area contributed by atoms with Crippen LogP contribution in [-0.4, -0.2) is 18.0 Å². The summed E-state index contributed by atoms with van der Waals surface area (Å²) >= 11 is 7.13. The first-order valence-electron chi connectivity index (χ1n) is 6.26. The number of nitrogens with one attached hydrogen (secondary N) is 1. The third kappa shape index (κ3) is 3.85. The van der Waals surface area contributed by atoms with Gasteiger partial charge in [-0.25, -0.2) is 4.79 Å².